The Hall–Kier alpha value is -1.55. The molecule has 1 saturated carbocycles. The summed E-state index contributed by atoms with van der Waals surface area (Å²) in [5.41, 5.74) is 7.17. The first-order valence-electron chi connectivity index (χ1n) is 8.01. The summed E-state index contributed by atoms with van der Waals surface area (Å²) in [6.07, 6.45) is 5.95. The minimum Gasteiger partial charge on any atom is -0.447 e. The summed E-state index contributed by atoms with van der Waals surface area (Å²) in [5.74, 6) is 0.514. The van der Waals surface area contributed by atoms with Crippen LogP contribution in [0, 0.1) is 5.92 Å². The summed E-state index contributed by atoms with van der Waals surface area (Å²) in [4.78, 5) is 14.2. The average molecular weight is 288 g/mol. The standard InChI is InChI=1S/C17H24N2O2/c18-11-15(13-7-3-1-4-8-13)19-16(12-21-17(19)20)14-9-5-2-6-10-14/h2,5-6,9-10,13,15-16H,1,3-4,7-8,11-12,18H2/t15-,16-/m0/s1. The largest absolute Gasteiger partial charge is 0.447 e. The molecule has 4 heteroatoms. The maximum atomic E-state index is 12.2. The number of hydrogen-bond acceptors (Lipinski definition) is 3. The first-order valence-corrected chi connectivity index (χ1v) is 8.01. The Balaban J connectivity index is 1.83. The van der Waals surface area contributed by atoms with Gasteiger partial charge in [0.25, 0.3) is 0 Å². The molecule has 0 spiro atoms. The third kappa shape index (κ3) is 2.91. The van der Waals surface area contributed by atoms with Crippen molar-refractivity contribution in [2.24, 2.45) is 11.7 Å². The van der Waals surface area contributed by atoms with Crippen molar-refractivity contribution >= 4 is 6.09 Å². The Bertz CT molecular complexity index is 471. The molecule has 1 aromatic rings. The molecular weight excluding hydrogens is 264 g/mol. The van der Waals surface area contributed by atoms with E-state index in [1.54, 1.807) is 0 Å². The predicted octanol–water partition coefficient (Wildman–Crippen LogP) is 3.09. The molecule has 0 radical (unpaired) electrons. The van der Waals surface area contributed by atoms with Crippen LogP contribution in [0.5, 0.6) is 0 Å². The molecule has 1 aliphatic carbocycles. The highest BCUT2D eigenvalue weighted by Crippen LogP contribution is 2.36. The first kappa shape index (κ1) is 14.4. The van der Waals surface area contributed by atoms with E-state index in [0.29, 0.717) is 19.1 Å². The molecule has 21 heavy (non-hydrogen) atoms. The Morgan fingerprint density at radius 2 is 1.90 bits per heavy atom. The van der Waals surface area contributed by atoms with Gasteiger partial charge in [-0.1, -0.05) is 49.6 Å². The smallest absolute Gasteiger partial charge is 0.410 e. The van der Waals surface area contributed by atoms with Gasteiger partial charge in [-0.3, -0.25) is 4.90 Å². The van der Waals surface area contributed by atoms with Crippen LogP contribution in [0.4, 0.5) is 4.79 Å². The molecule has 2 fully saturated rings. The van der Waals surface area contributed by atoms with Gasteiger partial charge in [-0.25, -0.2) is 4.79 Å². The molecule has 2 N–H and O–H groups in total. The zero-order valence-electron chi connectivity index (χ0n) is 12.4. The predicted molar refractivity (Wildman–Crippen MR) is 81.8 cm³/mol. The number of benzene rings is 1. The third-order valence-electron chi connectivity index (χ3n) is 4.89. The summed E-state index contributed by atoms with van der Waals surface area (Å²) in [6.45, 7) is 0.954. The normalized spacial score (nSPS) is 24.9. The van der Waals surface area contributed by atoms with Gasteiger partial charge in [-0.2, -0.15) is 0 Å². The Kier molecular flexibility index (Phi) is 4.44. The quantitative estimate of drug-likeness (QED) is 0.926. The van der Waals surface area contributed by atoms with Gasteiger partial charge in [0.2, 0.25) is 0 Å². The number of ether oxygens (including phenoxy) is 1. The molecular formula is C17H24N2O2. The summed E-state index contributed by atoms with van der Waals surface area (Å²) < 4.78 is 5.34. The van der Waals surface area contributed by atoms with Gasteiger partial charge in [-0.05, 0) is 24.3 Å². The molecule has 3 rings (SSSR count). The van der Waals surface area contributed by atoms with Crippen molar-refractivity contribution in [1.82, 2.24) is 4.90 Å². The molecule has 0 unspecified atom stereocenters. The van der Waals surface area contributed by atoms with Crippen LogP contribution in [-0.2, 0) is 4.74 Å². The fourth-order valence-electron chi connectivity index (χ4n) is 3.78. The summed E-state index contributed by atoms with van der Waals surface area (Å²) in [6, 6.07) is 10.2. The van der Waals surface area contributed by atoms with Crippen molar-refractivity contribution in [2.45, 2.75) is 44.2 Å². The Labute approximate surface area is 126 Å². The van der Waals surface area contributed by atoms with Crippen LogP contribution in [0.15, 0.2) is 30.3 Å². The van der Waals surface area contributed by atoms with E-state index in [0.717, 1.165) is 5.56 Å². The van der Waals surface area contributed by atoms with E-state index in [1.807, 2.05) is 23.1 Å². The lowest BCUT2D eigenvalue weighted by atomic mass is 9.82. The van der Waals surface area contributed by atoms with Crippen LogP contribution in [0.25, 0.3) is 0 Å². The lowest BCUT2D eigenvalue weighted by molar-refractivity contribution is 0.115. The summed E-state index contributed by atoms with van der Waals surface area (Å²) in [5, 5.41) is 0. The number of hydrogen-bond donors (Lipinski definition) is 1. The molecule has 1 heterocycles. The van der Waals surface area contributed by atoms with Crippen molar-refractivity contribution in [3.63, 3.8) is 0 Å². The molecule has 1 aromatic carbocycles. The van der Waals surface area contributed by atoms with E-state index in [4.69, 9.17) is 10.5 Å². The minimum atomic E-state index is -0.204. The lowest BCUT2D eigenvalue weighted by Gasteiger charge is -2.37. The highest BCUT2D eigenvalue weighted by molar-refractivity contribution is 5.71. The number of carbonyl (C=O) groups excluding carboxylic acids is 1. The van der Waals surface area contributed by atoms with E-state index >= 15 is 0 Å². The third-order valence-corrected chi connectivity index (χ3v) is 4.89. The molecule has 2 aliphatic rings. The average Bonchev–Trinajstić information content (AvgIpc) is 2.92. The molecule has 0 bridgehead atoms. The number of rotatable bonds is 4. The van der Waals surface area contributed by atoms with Crippen LogP contribution in [0.2, 0.25) is 0 Å². The van der Waals surface area contributed by atoms with Crippen molar-refractivity contribution in [3.05, 3.63) is 35.9 Å². The van der Waals surface area contributed by atoms with E-state index in [9.17, 15) is 4.79 Å². The molecule has 1 amide bonds. The van der Waals surface area contributed by atoms with Crippen LogP contribution < -0.4 is 5.73 Å². The second-order valence-corrected chi connectivity index (χ2v) is 6.11. The molecule has 2 atom stereocenters. The van der Waals surface area contributed by atoms with Crippen LogP contribution in [0.3, 0.4) is 0 Å². The van der Waals surface area contributed by atoms with Gasteiger partial charge in [-0.15, -0.1) is 0 Å². The van der Waals surface area contributed by atoms with E-state index < -0.39 is 0 Å². The monoisotopic (exact) mass is 288 g/mol. The number of nitrogens with two attached hydrogens (primary N) is 1. The number of amides is 1. The fourth-order valence-corrected chi connectivity index (χ4v) is 3.78. The second-order valence-electron chi connectivity index (χ2n) is 6.11. The molecule has 1 aliphatic heterocycles. The molecule has 4 nitrogen and oxygen atoms in total. The first-order chi connectivity index (χ1) is 10.3. The lowest BCUT2D eigenvalue weighted by Crippen LogP contribution is -2.47. The van der Waals surface area contributed by atoms with Gasteiger partial charge >= 0.3 is 6.09 Å². The SMILES string of the molecule is NC[C@@H](C1CCCCC1)N1C(=O)OC[C@H]1c1ccccc1. The maximum Gasteiger partial charge on any atom is 0.410 e. The second kappa shape index (κ2) is 6.48. The summed E-state index contributed by atoms with van der Waals surface area (Å²) >= 11 is 0. The molecule has 1 saturated heterocycles. The molecule has 0 aromatic heterocycles. The Morgan fingerprint density at radius 1 is 1.19 bits per heavy atom. The maximum absolute atomic E-state index is 12.2. The topological polar surface area (TPSA) is 55.6 Å². The van der Waals surface area contributed by atoms with Gasteiger partial charge in [0.1, 0.15) is 6.61 Å². The van der Waals surface area contributed by atoms with E-state index in [-0.39, 0.29) is 18.2 Å². The number of cyclic esters (lactones) is 1. The zero-order chi connectivity index (χ0) is 14.7. The fraction of sp³-hybridized carbons (Fsp3) is 0.588. The highest BCUT2D eigenvalue weighted by atomic mass is 16.6. The van der Waals surface area contributed by atoms with Crippen molar-refractivity contribution < 1.29 is 9.53 Å². The van der Waals surface area contributed by atoms with Crippen molar-refractivity contribution in [3.8, 4) is 0 Å². The number of nitrogens with zero attached hydrogens (tertiary/aromatic N) is 1. The van der Waals surface area contributed by atoms with Crippen molar-refractivity contribution in [2.75, 3.05) is 13.2 Å². The summed E-state index contributed by atoms with van der Waals surface area (Å²) in [7, 11) is 0. The highest BCUT2D eigenvalue weighted by Gasteiger charge is 2.41. The van der Waals surface area contributed by atoms with Gasteiger partial charge < -0.3 is 10.5 Å². The van der Waals surface area contributed by atoms with Crippen molar-refractivity contribution in [1.29, 1.82) is 0 Å². The van der Waals surface area contributed by atoms with Gasteiger partial charge in [0.05, 0.1) is 12.1 Å². The van der Waals surface area contributed by atoms with Gasteiger partial charge in [0, 0.05) is 6.54 Å². The van der Waals surface area contributed by atoms with Crippen LogP contribution in [0.1, 0.15) is 43.7 Å². The zero-order valence-corrected chi connectivity index (χ0v) is 12.4. The number of carbonyl (C=O) groups is 1. The van der Waals surface area contributed by atoms with E-state index in [1.165, 1.54) is 32.1 Å². The van der Waals surface area contributed by atoms with Crippen LogP contribution in [-0.4, -0.2) is 30.2 Å². The van der Waals surface area contributed by atoms with Gasteiger partial charge in [0.15, 0.2) is 0 Å². The van der Waals surface area contributed by atoms with E-state index in [2.05, 4.69) is 12.1 Å². The molecule has 114 valence electrons. The Morgan fingerprint density at radius 3 is 2.57 bits per heavy atom. The van der Waals surface area contributed by atoms with Crippen LogP contribution >= 0.6 is 0 Å². The minimum absolute atomic E-state index is 0.00850.